The van der Waals surface area contributed by atoms with E-state index in [0.717, 1.165) is 44.3 Å². The molecule has 1 heterocycles. The summed E-state index contributed by atoms with van der Waals surface area (Å²) in [6, 6.07) is 9.38. The van der Waals surface area contributed by atoms with Gasteiger partial charge in [-0.15, -0.1) is 12.4 Å². The van der Waals surface area contributed by atoms with Crippen LogP contribution in [-0.4, -0.2) is 36.3 Å². The molecule has 5 nitrogen and oxygen atoms in total. The van der Waals surface area contributed by atoms with Crippen molar-refractivity contribution in [2.75, 3.05) is 19.6 Å². The predicted molar refractivity (Wildman–Crippen MR) is 102 cm³/mol. The lowest BCUT2D eigenvalue weighted by atomic mass is 9.96. The summed E-state index contributed by atoms with van der Waals surface area (Å²) in [7, 11) is 0. The molecule has 2 unspecified atom stereocenters. The van der Waals surface area contributed by atoms with E-state index >= 15 is 0 Å². The van der Waals surface area contributed by atoms with Gasteiger partial charge in [0.15, 0.2) is 0 Å². The largest absolute Gasteiger partial charge is 0.356 e. The third-order valence-electron chi connectivity index (χ3n) is 4.60. The molecule has 1 aromatic rings. The Morgan fingerprint density at radius 2 is 2.04 bits per heavy atom. The molecule has 0 radical (unpaired) electrons. The first-order valence-corrected chi connectivity index (χ1v) is 8.97. The van der Waals surface area contributed by atoms with Gasteiger partial charge in [-0.3, -0.25) is 9.59 Å². The molecule has 1 fully saturated rings. The lowest BCUT2D eigenvalue weighted by Gasteiger charge is -2.32. The van der Waals surface area contributed by atoms with E-state index in [-0.39, 0.29) is 42.6 Å². The minimum Gasteiger partial charge on any atom is -0.356 e. The number of unbranched alkanes of at least 4 members (excludes halogenated alkanes) is 1. The van der Waals surface area contributed by atoms with Gasteiger partial charge in [0.2, 0.25) is 11.8 Å². The summed E-state index contributed by atoms with van der Waals surface area (Å²) in [4.78, 5) is 26.5. The van der Waals surface area contributed by atoms with Crippen LogP contribution in [0.25, 0.3) is 0 Å². The molecule has 0 aliphatic carbocycles. The number of benzene rings is 1. The fraction of sp³-hybridized carbons (Fsp3) is 0.579. The minimum atomic E-state index is -0.294. The van der Waals surface area contributed by atoms with E-state index in [0.29, 0.717) is 6.54 Å². The van der Waals surface area contributed by atoms with Gasteiger partial charge in [0.05, 0.1) is 5.92 Å². The molecule has 3 N–H and O–H groups in total. The Bertz CT molecular complexity index is 539. The van der Waals surface area contributed by atoms with Crippen LogP contribution in [0.4, 0.5) is 0 Å². The molecule has 2 atom stereocenters. The Balaban J connectivity index is 0.00000312. The van der Waals surface area contributed by atoms with E-state index < -0.39 is 0 Å². The second-order valence-corrected chi connectivity index (χ2v) is 6.54. The third-order valence-corrected chi connectivity index (χ3v) is 4.60. The fourth-order valence-electron chi connectivity index (χ4n) is 3.09. The van der Waals surface area contributed by atoms with E-state index in [9.17, 15) is 9.59 Å². The molecule has 1 aliphatic rings. The number of nitrogens with one attached hydrogen (secondary N) is 1. The zero-order valence-corrected chi connectivity index (χ0v) is 15.8. The second-order valence-electron chi connectivity index (χ2n) is 6.54. The summed E-state index contributed by atoms with van der Waals surface area (Å²) in [5.74, 6) is 0.0261. The van der Waals surface area contributed by atoms with Gasteiger partial charge in [-0.05, 0) is 24.8 Å². The number of carbonyl (C=O) groups is 2. The van der Waals surface area contributed by atoms with Crippen LogP contribution in [0, 0.1) is 5.92 Å². The highest BCUT2D eigenvalue weighted by atomic mass is 35.5. The summed E-state index contributed by atoms with van der Waals surface area (Å²) in [5.41, 5.74) is 7.12. The quantitative estimate of drug-likeness (QED) is 0.727. The Morgan fingerprint density at radius 3 is 2.72 bits per heavy atom. The van der Waals surface area contributed by atoms with E-state index in [2.05, 4.69) is 12.2 Å². The predicted octanol–water partition coefficient (Wildman–Crippen LogP) is 2.65. The van der Waals surface area contributed by atoms with Crippen LogP contribution >= 0.6 is 12.4 Å². The SMILES string of the molecule is CCCCNC(=O)C1CCCN(C(=O)CC(N)c2ccccc2)C1.Cl. The van der Waals surface area contributed by atoms with Crippen LogP contribution < -0.4 is 11.1 Å². The molecule has 140 valence electrons. The molecule has 0 saturated carbocycles. The van der Waals surface area contributed by atoms with E-state index in [1.54, 1.807) is 4.90 Å². The molecule has 2 rings (SSSR count). The lowest BCUT2D eigenvalue weighted by Crippen LogP contribution is -2.46. The monoisotopic (exact) mass is 367 g/mol. The Morgan fingerprint density at radius 1 is 1.32 bits per heavy atom. The number of hydrogen-bond donors (Lipinski definition) is 2. The van der Waals surface area contributed by atoms with Crippen molar-refractivity contribution in [1.29, 1.82) is 0 Å². The molecule has 0 spiro atoms. The van der Waals surface area contributed by atoms with Crippen LogP contribution in [-0.2, 0) is 9.59 Å². The topological polar surface area (TPSA) is 75.4 Å². The maximum Gasteiger partial charge on any atom is 0.224 e. The van der Waals surface area contributed by atoms with Crippen LogP contribution in [0.1, 0.15) is 50.6 Å². The maximum absolute atomic E-state index is 12.5. The smallest absolute Gasteiger partial charge is 0.224 e. The summed E-state index contributed by atoms with van der Waals surface area (Å²) < 4.78 is 0. The highest BCUT2D eigenvalue weighted by molar-refractivity contribution is 5.85. The summed E-state index contributed by atoms with van der Waals surface area (Å²) >= 11 is 0. The van der Waals surface area contributed by atoms with Crippen molar-refractivity contribution in [3.05, 3.63) is 35.9 Å². The number of rotatable bonds is 7. The molecule has 6 heteroatoms. The Hall–Kier alpha value is -1.59. The normalized spacial score (nSPS) is 18.2. The zero-order chi connectivity index (χ0) is 17.4. The standard InChI is InChI=1S/C19H29N3O2.ClH/c1-2-3-11-21-19(24)16-10-7-12-22(14-16)18(23)13-17(20)15-8-5-4-6-9-15;/h4-6,8-9,16-17H,2-3,7,10-14,20H2,1H3,(H,21,24);1H. The second kappa shape index (κ2) is 11.1. The number of likely N-dealkylation sites (tertiary alicyclic amines) is 1. The molecular weight excluding hydrogens is 338 g/mol. The molecular formula is C19H30ClN3O2. The van der Waals surface area contributed by atoms with Crippen LogP contribution in [0.2, 0.25) is 0 Å². The Kier molecular flexibility index (Phi) is 9.53. The molecule has 1 aromatic carbocycles. The molecule has 0 aromatic heterocycles. The van der Waals surface area contributed by atoms with Gasteiger partial charge < -0.3 is 16.0 Å². The van der Waals surface area contributed by atoms with Gasteiger partial charge in [0.1, 0.15) is 0 Å². The number of nitrogens with zero attached hydrogens (tertiary/aromatic N) is 1. The zero-order valence-electron chi connectivity index (χ0n) is 14.9. The molecule has 1 aliphatic heterocycles. The molecule has 1 saturated heterocycles. The van der Waals surface area contributed by atoms with Crippen molar-refractivity contribution in [3.8, 4) is 0 Å². The van der Waals surface area contributed by atoms with Gasteiger partial charge in [-0.25, -0.2) is 0 Å². The fourth-order valence-corrected chi connectivity index (χ4v) is 3.09. The average Bonchev–Trinajstić information content (AvgIpc) is 2.62. The number of piperidine rings is 1. The van der Waals surface area contributed by atoms with Crippen molar-refractivity contribution < 1.29 is 9.59 Å². The highest BCUT2D eigenvalue weighted by Crippen LogP contribution is 2.20. The summed E-state index contributed by atoms with van der Waals surface area (Å²) in [5, 5.41) is 2.98. The van der Waals surface area contributed by atoms with Gasteiger partial charge in [0, 0.05) is 32.1 Å². The van der Waals surface area contributed by atoms with Gasteiger partial charge in [-0.1, -0.05) is 43.7 Å². The number of amides is 2. The molecule has 25 heavy (non-hydrogen) atoms. The first kappa shape index (κ1) is 21.5. The van der Waals surface area contributed by atoms with Gasteiger partial charge in [0.25, 0.3) is 0 Å². The van der Waals surface area contributed by atoms with Gasteiger partial charge in [-0.2, -0.15) is 0 Å². The average molecular weight is 368 g/mol. The number of halogens is 1. The molecule has 2 amide bonds. The van der Waals surface area contributed by atoms with Crippen LogP contribution in [0.3, 0.4) is 0 Å². The minimum absolute atomic E-state index is 0. The van der Waals surface area contributed by atoms with Crippen LogP contribution in [0.15, 0.2) is 30.3 Å². The number of nitrogens with two attached hydrogens (primary N) is 1. The van der Waals surface area contributed by atoms with Crippen molar-refractivity contribution in [2.24, 2.45) is 11.7 Å². The lowest BCUT2D eigenvalue weighted by molar-refractivity contribution is -0.136. The van der Waals surface area contributed by atoms with E-state index in [4.69, 9.17) is 5.73 Å². The third kappa shape index (κ3) is 6.67. The molecule has 0 bridgehead atoms. The van der Waals surface area contributed by atoms with Crippen molar-refractivity contribution in [3.63, 3.8) is 0 Å². The van der Waals surface area contributed by atoms with E-state index in [1.807, 2.05) is 30.3 Å². The summed E-state index contributed by atoms with van der Waals surface area (Å²) in [6.07, 6.45) is 4.07. The van der Waals surface area contributed by atoms with Crippen molar-refractivity contribution in [2.45, 2.75) is 45.1 Å². The first-order valence-electron chi connectivity index (χ1n) is 8.97. The summed E-state index contributed by atoms with van der Waals surface area (Å²) in [6.45, 7) is 4.05. The van der Waals surface area contributed by atoms with Crippen molar-refractivity contribution >= 4 is 24.2 Å². The van der Waals surface area contributed by atoms with E-state index in [1.165, 1.54) is 0 Å². The first-order chi connectivity index (χ1) is 11.6. The van der Waals surface area contributed by atoms with Crippen molar-refractivity contribution in [1.82, 2.24) is 10.2 Å². The van der Waals surface area contributed by atoms with Gasteiger partial charge >= 0.3 is 0 Å². The van der Waals surface area contributed by atoms with Crippen LogP contribution in [0.5, 0.6) is 0 Å². The highest BCUT2D eigenvalue weighted by Gasteiger charge is 2.28. The number of hydrogen-bond acceptors (Lipinski definition) is 3. The Labute approximate surface area is 156 Å². The maximum atomic E-state index is 12.5. The number of carbonyl (C=O) groups excluding carboxylic acids is 2.